The zero-order chi connectivity index (χ0) is 27.7. The van der Waals surface area contributed by atoms with Crippen molar-refractivity contribution in [2.75, 3.05) is 13.1 Å². The van der Waals surface area contributed by atoms with Gasteiger partial charge in [0.25, 0.3) is 0 Å². The van der Waals surface area contributed by atoms with Gasteiger partial charge in [-0.1, -0.05) is 61.7 Å². The third-order valence-electron chi connectivity index (χ3n) is 7.56. The second-order valence-corrected chi connectivity index (χ2v) is 10.4. The second-order valence-electron chi connectivity index (χ2n) is 10.4. The Kier molecular flexibility index (Phi) is 9.70. The number of oxazole rings is 1. The van der Waals surface area contributed by atoms with Crippen LogP contribution in [0.4, 0.5) is 0 Å². The highest BCUT2D eigenvalue weighted by Crippen LogP contribution is 2.32. The lowest BCUT2D eigenvalue weighted by Gasteiger charge is -2.31. The minimum atomic E-state index is -1.55. The SMILES string of the molecule is O=C(O)CCC(=O)NCC(C(=O)NCC(O)(CCc1ccccc1)c1nc2ccccc2o1)C1CCCCC1. The maximum atomic E-state index is 13.5. The van der Waals surface area contributed by atoms with Crippen LogP contribution in [0.15, 0.2) is 59.0 Å². The fourth-order valence-electron chi connectivity index (χ4n) is 5.25. The van der Waals surface area contributed by atoms with Gasteiger partial charge in [-0.05, 0) is 49.3 Å². The van der Waals surface area contributed by atoms with Gasteiger partial charge in [-0.2, -0.15) is 0 Å². The van der Waals surface area contributed by atoms with Gasteiger partial charge in [0.15, 0.2) is 11.2 Å². The second kappa shape index (κ2) is 13.4. The molecule has 2 aromatic carbocycles. The van der Waals surface area contributed by atoms with E-state index in [1.807, 2.05) is 48.5 Å². The van der Waals surface area contributed by atoms with Crippen LogP contribution in [0.2, 0.25) is 0 Å². The molecule has 2 unspecified atom stereocenters. The Morgan fingerprint density at radius 3 is 2.41 bits per heavy atom. The number of hydrogen-bond donors (Lipinski definition) is 4. The number of nitrogens with zero attached hydrogens (tertiary/aromatic N) is 1. The highest BCUT2D eigenvalue weighted by molar-refractivity contribution is 5.83. The summed E-state index contributed by atoms with van der Waals surface area (Å²) in [5.41, 5.74) is 0.677. The Bertz CT molecular complexity index is 1220. The van der Waals surface area contributed by atoms with Crippen molar-refractivity contribution in [3.05, 3.63) is 66.1 Å². The third-order valence-corrected chi connectivity index (χ3v) is 7.56. The molecule has 2 amide bonds. The number of carboxylic acid groups (broad SMARTS) is 1. The van der Waals surface area contributed by atoms with Crippen molar-refractivity contribution in [3.8, 4) is 0 Å². The van der Waals surface area contributed by atoms with E-state index < -0.39 is 23.4 Å². The van der Waals surface area contributed by atoms with Crippen LogP contribution < -0.4 is 10.6 Å². The first-order valence-corrected chi connectivity index (χ1v) is 13.7. The highest BCUT2D eigenvalue weighted by atomic mass is 16.4. The van der Waals surface area contributed by atoms with Crippen LogP contribution in [0.25, 0.3) is 11.1 Å². The largest absolute Gasteiger partial charge is 0.481 e. The summed E-state index contributed by atoms with van der Waals surface area (Å²) < 4.78 is 5.94. The van der Waals surface area contributed by atoms with Gasteiger partial charge in [0.2, 0.25) is 17.7 Å². The zero-order valence-corrected chi connectivity index (χ0v) is 22.1. The quantitative estimate of drug-likeness (QED) is 0.260. The van der Waals surface area contributed by atoms with Gasteiger partial charge in [0, 0.05) is 13.0 Å². The summed E-state index contributed by atoms with van der Waals surface area (Å²) in [4.78, 5) is 41.1. The van der Waals surface area contributed by atoms with E-state index in [4.69, 9.17) is 9.52 Å². The lowest BCUT2D eigenvalue weighted by molar-refractivity contribution is -0.139. The number of aliphatic carboxylic acids is 1. The number of fused-ring (bicyclic) bond motifs is 1. The molecule has 0 bridgehead atoms. The number of carbonyl (C=O) groups is 3. The molecule has 2 atom stereocenters. The Morgan fingerprint density at radius 1 is 0.974 bits per heavy atom. The van der Waals surface area contributed by atoms with Crippen LogP contribution in [0.5, 0.6) is 0 Å². The molecule has 1 aromatic heterocycles. The first kappa shape index (κ1) is 28.3. The van der Waals surface area contributed by atoms with Crippen LogP contribution in [0, 0.1) is 11.8 Å². The molecule has 0 saturated heterocycles. The summed E-state index contributed by atoms with van der Waals surface area (Å²) in [6, 6.07) is 17.1. The molecule has 208 valence electrons. The lowest BCUT2D eigenvalue weighted by atomic mass is 9.79. The smallest absolute Gasteiger partial charge is 0.303 e. The number of aromatic nitrogens is 1. The van der Waals surface area contributed by atoms with Gasteiger partial charge in [-0.3, -0.25) is 14.4 Å². The maximum Gasteiger partial charge on any atom is 0.303 e. The van der Waals surface area contributed by atoms with Crippen molar-refractivity contribution < 1.29 is 29.0 Å². The monoisotopic (exact) mass is 535 g/mol. The van der Waals surface area contributed by atoms with Crippen molar-refractivity contribution in [2.24, 2.45) is 11.8 Å². The van der Waals surface area contributed by atoms with Crippen LogP contribution >= 0.6 is 0 Å². The molecule has 1 aliphatic rings. The summed E-state index contributed by atoms with van der Waals surface area (Å²) >= 11 is 0. The van der Waals surface area contributed by atoms with Crippen LogP contribution in [0.3, 0.4) is 0 Å². The molecule has 1 heterocycles. The average molecular weight is 536 g/mol. The summed E-state index contributed by atoms with van der Waals surface area (Å²) in [5, 5.41) is 26.4. The number of hydrogen-bond acceptors (Lipinski definition) is 6. The Morgan fingerprint density at radius 2 is 1.69 bits per heavy atom. The van der Waals surface area contributed by atoms with E-state index in [2.05, 4.69) is 15.6 Å². The molecule has 0 spiro atoms. The van der Waals surface area contributed by atoms with Gasteiger partial charge < -0.3 is 25.3 Å². The van der Waals surface area contributed by atoms with Gasteiger partial charge in [-0.25, -0.2) is 4.98 Å². The topological polar surface area (TPSA) is 142 Å². The van der Waals surface area contributed by atoms with Crippen molar-refractivity contribution in [3.63, 3.8) is 0 Å². The van der Waals surface area contributed by atoms with Crippen molar-refractivity contribution in [1.29, 1.82) is 0 Å². The fraction of sp³-hybridized carbons (Fsp3) is 0.467. The van der Waals surface area contributed by atoms with Crippen LogP contribution in [0.1, 0.15) is 62.8 Å². The van der Waals surface area contributed by atoms with E-state index in [1.54, 1.807) is 6.07 Å². The molecule has 4 rings (SSSR count). The normalized spacial score (nSPS) is 16.3. The molecule has 9 nitrogen and oxygen atoms in total. The Hall–Kier alpha value is -3.72. The predicted molar refractivity (Wildman–Crippen MR) is 146 cm³/mol. The van der Waals surface area contributed by atoms with Gasteiger partial charge in [-0.15, -0.1) is 0 Å². The number of aliphatic hydroxyl groups is 1. The minimum absolute atomic E-state index is 0.0956. The first-order chi connectivity index (χ1) is 18.8. The number of benzene rings is 2. The maximum absolute atomic E-state index is 13.5. The molecule has 4 N–H and O–H groups in total. The van der Waals surface area contributed by atoms with E-state index in [0.29, 0.717) is 17.5 Å². The lowest BCUT2D eigenvalue weighted by Crippen LogP contribution is -2.47. The average Bonchev–Trinajstić information content (AvgIpc) is 3.40. The molecule has 39 heavy (non-hydrogen) atoms. The molecule has 9 heteroatoms. The zero-order valence-electron chi connectivity index (χ0n) is 22.1. The third kappa shape index (κ3) is 7.89. The number of rotatable bonds is 13. The van der Waals surface area contributed by atoms with Gasteiger partial charge in [0.05, 0.1) is 18.9 Å². The molecule has 0 radical (unpaired) electrons. The molecular weight excluding hydrogens is 498 g/mol. The minimum Gasteiger partial charge on any atom is -0.481 e. The number of carboxylic acids is 1. The Labute approximate surface area is 228 Å². The molecular formula is C30H37N3O6. The van der Waals surface area contributed by atoms with E-state index >= 15 is 0 Å². The Balaban J connectivity index is 1.49. The summed E-state index contributed by atoms with van der Waals surface area (Å²) in [7, 11) is 0. The first-order valence-electron chi connectivity index (χ1n) is 13.7. The molecule has 3 aromatic rings. The number of para-hydroxylation sites is 2. The van der Waals surface area contributed by atoms with E-state index in [-0.39, 0.29) is 50.1 Å². The van der Waals surface area contributed by atoms with Crippen molar-refractivity contribution in [1.82, 2.24) is 15.6 Å². The van der Waals surface area contributed by atoms with Crippen LogP contribution in [-0.2, 0) is 26.4 Å². The summed E-state index contributed by atoms with van der Waals surface area (Å²) in [6.45, 7) is 0.0297. The van der Waals surface area contributed by atoms with E-state index in [9.17, 15) is 19.5 Å². The number of amides is 2. The van der Waals surface area contributed by atoms with Gasteiger partial charge >= 0.3 is 5.97 Å². The highest BCUT2D eigenvalue weighted by Gasteiger charge is 2.37. The van der Waals surface area contributed by atoms with Crippen molar-refractivity contribution in [2.45, 2.75) is 63.4 Å². The predicted octanol–water partition coefficient (Wildman–Crippen LogP) is 3.94. The standard InChI is InChI=1S/C30H37N3O6/c34-26(15-16-27(35)36)31-19-23(22-11-5-2-6-12-22)28(37)32-20-30(38,18-17-21-9-3-1-4-10-21)29-33-24-13-7-8-14-25(24)39-29/h1,3-4,7-10,13-14,22-23,38H,2,5-6,11-12,15-20H2,(H,31,34)(H,32,37)(H,35,36). The molecule has 1 aliphatic carbocycles. The number of aryl methyl sites for hydroxylation is 1. The van der Waals surface area contributed by atoms with E-state index in [1.165, 1.54) is 0 Å². The molecule has 0 aliphatic heterocycles. The number of carbonyl (C=O) groups excluding carboxylic acids is 2. The van der Waals surface area contributed by atoms with Crippen molar-refractivity contribution >= 4 is 28.9 Å². The summed E-state index contributed by atoms with van der Waals surface area (Å²) in [5.74, 6) is -1.93. The van der Waals surface area contributed by atoms with E-state index in [0.717, 1.165) is 37.7 Å². The molecule has 1 saturated carbocycles. The fourth-order valence-corrected chi connectivity index (χ4v) is 5.25. The number of nitrogens with one attached hydrogen (secondary N) is 2. The molecule has 1 fully saturated rings. The summed E-state index contributed by atoms with van der Waals surface area (Å²) in [6.07, 6.45) is 5.36. The van der Waals surface area contributed by atoms with Gasteiger partial charge in [0.1, 0.15) is 5.52 Å². The van der Waals surface area contributed by atoms with Crippen LogP contribution in [-0.4, -0.2) is 46.1 Å².